The average Bonchev–Trinajstić information content (AvgIpc) is 3.43. The van der Waals surface area contributed by atoms with Crippen molar-refractivity contribution in [3.05, 3.63) is 77.0 Å². The predicted octanol–water partition coefficient (Wildman–Crippen LogP) is 3.22. The van der Waals surface area contributed by atoms with E-state index < -0.39 is 26.6 Å². The molecule has 1 unspecified atom stereocenters. The Morgan fingerprint density at radius 1 is 1.13 bits per heavy atom. The van der Waals surface area contributed by atoms with Crippen LogP contribution in [0.4, 0.5) is 14.5 Å². The van der Waals surface area contributed by atoms with Crippen LogP contribution in [0.5, 0.6) is 11.6 Å². The van der Waals surface area contributed by atoms with Gasteiger partial charge in [0, 0.05) is 29.6 Å². The Kier molecular flexibility index (Phi) is 7.44. The lowest BCUT2D eigenvalue weighted by atomic mass is 10.1. The molecule has 2 N–H and O–H groups in total. The summed E-state index contributed by atoms with van der Waals surface area (Å²) < 4.78 is 67.7. The molecular weight excluding hydrogens is 532 g/mol. The molecule has 0 spiro atoms. The van der Waals surface area contributed by atoms with Crippen molar-refractivity contribution in [2.45, 2.75) is 17.7 Å². The van der Waals surface area contributed by atoms with Crippen molar-refractivity contribution in [1.82, 2.24) is 19.7 Å². The quantitative estimate of drug-likeness (QED) is 0.322. The van der Waals surface area contributed by atoms with Crippen LogP contribution in [0.2, 0.25) is 0 Å². The zero-order valence-electron chi connectivity index (χ0n) is 20.9. The standard InChI is InChI=1S/C26H25F2N5O5S/c1-37-25-21(32-39(35,36)23-4-3-19(27)11-20(23)28)10-18(13-31-25)17-2-5-24-30-14-22(26(34)33(24)15-17)38-9-7-16-6-8-29-12-16/h2-5,10-11,13-16,29,32H,6-9,12H2,1H3. The molecule has 4 aromatic rings. The number of ether oxygens (including phenoxy) is 2. The van der Waals surface area contributed by atoms with Crippen molar-refractivity contribution < 1.29 is 26.7 Å². The van der Waals surface area contributed by atoms with E-state index in [1.807, 2.05) is 0 Å². The van der Waals surface area contributed by atoms with Gasteiger partial charge in [0.25, 0.3) is 15.6 Å². The maximum atomic E-state index is 14.2. The number of hydrogen-bond acceptors (Lipinski definition) is 8. The van der Waals surface area contributed by atoms with Crippen molar-refractivity contribution in [3.8, 4) is 22.8 Å². The van der Waals surface area contributed by atoms with Crippen LogP contribution in [0, 0.1) is 17.6 Å². The van der Waals surface area contributed by atoms with Gasteiger partial charge in [-0.1, -0.05) is 0 Å². The first-order chi connectivity index (χ1) is 18.7. The molecule has 0 radical (unpaired) electrons. The lowest BCUT2D eigenvalue weighted by Crippen LogP contribution is -2.19. The number of nitrogens with zero attached hydrogens (tertiary/aromatic N) is 3. The molecule has 0 saturated carbocycles. The lowest BCUT2D eigenvalue weighted by molar-refractivity contribution is 0.279. The second-order valence-electron chi connectivity index (χ2n) is 9.03. The maximum absolute atomic E-state index is 14.2. The number of nitrogens with one attached hydrogen (secondary N) is 2. The van der Waals surface area contributed by atoms with Crippen LogP contribution in [0.15, 0.2) is 64.7 Å². The van der Waals surface area contributed by atoms with E-state index in [1.165, 1.54) is 30.0 Å². The van der Waals surface area contributed by atoms with Gasteiger partial charge in [-0.15, -0.1) is 0 Å². The molecule has 1 aromatic carbocycles. The van der Waals surface area contributed by atoms with Gasteiger partial charge in [-0.05, 0) is 62.2 Å². The van der Waals surface area contributed by atoms with Crippen LogP contribution < -0.4 is 25.1 Å². The van der Waals surface area contributed by atoms with E-state index in [-0.39, 0.29) is 22.9 Å². The Morgan fingerprint density at radius 2 is 1.97 bits per heavy atom. The molecule has 3 aromatic heterocycles. The van der Waals surface area contributed by atoms with Crippen molar-refractivity contribution in [2.24, 2.45) is 5.92 Å². The summed E-state index contributed by atoms with van der Waals surface area (Å²) in [6.45, 7) is 2.32. The number of anilines is 1. The van der Waals surface area contributed by atoms with Crippen molar-refractivity contribution >= 4 is 21.4 Å². The summed E-state index contributed by atoms with van der Waals surface area (Å²) in [6, 6.07) is 6.90. The Morgan fingerprint density at radius 3 is 2.72 bits per heavy atom. The molecule has 5 rings (SSSR count). The van der Waals surface area contributed by atoms with E-state index in [2.05, 4.69) is 20.0 Å². The summed E-state index contributed by atoms with van der Waals surface area (Å²) in [7, 11) is -3.16. The number of pyridine rings is 2. The van der Waals surface area contributed by atoms with Crippen molar-refractivity contribution in [1.29, 1.82) is 0 Å². The van der Waals surface area contributed by atoms with Crippen molar-refractivity contribution in [3.63, 3.8) is 0 Å². The first-order valence-electron chi connectivity index (χ1n) is 12.1. The largest absolute Gasteiger partial charge is 0.487 e. The molecule has 39 heavy (non-hydrogen) atoms. The molecule has 13 heteroatoms. The molecular formula is C26H25F2N5O5S. The predicted molar refractivity (Wildman–Crippen MR) is 140 cm³/mol. The molecule has 1 saturated heterocycles. The third-order valence-electron chi connectivity index (χ3n) is 6.42. The molecule has 204 valence electrons. The van der Waals surface area contributed by atoms with E-state index in [1.54, 1.807) is 18.3 Å². The van der Waals surface area contributed by atoms with E-state index in [9.17, 15) is 22.0 Å². The Labute approximate surface area is 222 Å². The number of halogens is 2. The van der Waals surface area contributed by atoms with Gasteiger partial charge >= 0.3 is 0 Å². The van der Waals surface area contributed by atoms with Crippen LogP contribution in [0.1, 0.15) is 12.8 Å². The van der Waals surface area contributed by atoms with E-state index >= 15 is 0 Å². The number of sulfonamides is 1. The second kappa shape index (κ2) is 10.9. The molecule has 0 amide bonds. The number of aromatic nitrogens is 3. The van der Waals surface area contributed by atoms with Gasteiger partial charge in [-0.3, -0.25) is 13.9 Å². The third kappa shape index (κ3) is 5.68. The monoisotopic (exact) mass is 557 g/mol. The third-order valence-corrected chi connectivity index (χ3v) is 7.82. The molecule has 1 fully saturated rings. The highest BCUT2D eigenvalue weighted by molar-refractivity contribution is 7.92. The first-order valence-corrected chi connectivity index (χ1v) is 13.6. The van der Waals surface area contributed by atoms with E-state index in [4.69, 9.17) is 9.47 Å². The lowest BCUT2D eigenvalue weighted by Gasteiger charge is -2.14. The van der Waals surface area contributed by atoms with Gasteiger partial charge in [0.2, 0.25) is 11.6 Å². The highest BCUT2D eigenvalue weighted by Crippen LogP contribution is 2.30. The summed E-state index contributed by atoms with van der Waals surface area (Å²) >= 11 is 0. The molecule has 0 aliphatic carbocycles. The van der Waals surface area contributed by atoms with Crippen molar-refractivity contribution in [2.75, 3.05) is 31.5 Å². The van der Waals surface area contributed by atoms with Crippen LogP contribution >= 0.6 is 0 Å². The number of benzene rings is 1. The summed E-state index contributed by atoms with van der Waals surface area (Å²) in [5, 5.41) is 3.30. The summed E-state index contributed by atoms with van der Waals surface area (Å²) in [5.41, 5.74) is 0.875. The van der Waals surface area contributed by atoms with Crippen LogP contribution in [0.25, 0.3) is 16.8 Å². The Hall–Kier alpha value is -4.10. The van der Waals surface area contributed by atoms with Gasteiger partial charge < -0.3 is 14.8 Å². The minimum atomic E-state index is -4.45. The average molecular weight is 558 g/mol. The Balaban J connectivity index is 1.44. The molecule has 1 aliphatic heterocycles. The topological polar surface area (TPSA) is 124 Å². The molecule has 10 nitrogen and oxygen atoms in total. The first kappa shape index (κ1) is 26.5. The molecule has 1 aliphatic rings. The summed E-state index contributed by atoms with van der Waals surface area (Å²) in [6.07, 6.45) is 6.28. The maximum Gasteiger partial charge on any atom is 0.300 e. The highest BCUT2D eigenvalue weighted by atomic mass is 32.2. The second-order valence-corrected chi connectivity index (χ2v) is 10.7. The van der Waals surface area contributed by atoms with Gasteiger partial charge in [0.05, 0.1) is 19.9 Å². The fraction of sp³-hybridized carbons (Fsp3) is 0.269. The summed E-state index contributed by atoms with van der Waals surface area (Å²) in [4.78, 5) is 20.8. The smallest absolute Gasteiger partial charge is 0.300 e. The minimum absolute atomic E-state index is 0.0717. The van der Waals surface area contributed by atoms with Gasteiger partial charge in [-0.2, -0.15) is 0 Å². The number of fused-ring (bicyclic) bond motifs is 1. The zero-order valence-corrected chi connectivity index (χ0v) is 21.7. The Bertz CT molecular complexity index is 1690. The fourth-order valence-electron chi connectivity index (χ4n) is 4.36. The number of methoxy groups -OCH3 is 1. The van der Waals surface area contributed by atoms with E-state index in [0.717, 1.165) is 38.1 Å². The van der Waals surface area contributed by atoms with Crippen LogP contribution in [-0.4, -0.2) is 49.6 Å². The SMILES string of the molecule is COc1ncc(-c2ccc3ncc(OCCC4CCNC4)c(=O)n3c2)cc1NS(=O)(=O)c1ccc(F)cc1F. The summed E-state index contributed by atoms with van der Waals surface area (Å²) in [5.74, 6) is -1.59. The minimum Gasteiger partial charge on any atom is -0.487 e. The highest BCUT2D eigenvalue weighted by Gasteiger charge is 2.22. The fourth-order valence-corrected chi connectivity index (χ4v) is 5.47. The molecule has 4 heterocycles. The number of rotatable bonds is 9. The normalized spacial score (nSPS) is 15.4. The van der Waals surface area contributed by atoms with E-state index in [0.29, 0.717) is 35.4 Å². The van der Waals surface area contributed by atoms with Crippen LogP contribution in [0.3, 0.4) is 0 Å². The van der Waals surface area contributed by atoms with Crippen LogP contribution in [-0.2, 0) is 10.0 Å². The number of hydrogen-bond donors (Lipinski definition) is 2. The van der Waals surface area contributed by atoms with Gasteiger partial charge in [-0.25, -0.2) is 27.2 Å². The molecule has 1 atom stereocenters. The van der Waals surface area contributed by atoms with Gasteiger partial charge in [0.15, 0.2) is 0 Å². The van der Waals surface area contributed by atoms with Gasteiger partial charge in [0.1, 0.15) is 27.9 Å². The zero-order chi connectivity index (χ0) is 27.6. The molecule has 0 bridgehead atoms.